The van der Waals surface area contributed by atoms with Crippen LogP contribution < -0.4 is 5.73 Å². The molecule has 0 bridgehead atoms. The summed E-state index contributed by atoms with van der Waals surface area (Å²) in [6, 6.07) is 4.13. The molecular formula is C17H20N2O. The van der Waals surface area contributed by atoms with Gasteiger partial charge < -0.3 is 5.73 Å². The van der Waals surface area contributed by atoms with E-state index in [4.69, 9.17) is 10.7 Å². The summed E-state index contributed by atoms with van der Waals surface area (Å²) in [6.07, 6.45) is 1.35. The minimum atomic E-state index is -0.0319. The van der Waals surface area contributed by atoms with Crippen molar-refractivity contribution in [3.05, 3.63) is 34.5 Å². The number of fused-ring (bicyclic) bond motifs is 2. The molecule has 1 aliphatic carbocycles. The van der Waals surface area contributed by atoms with Crippen LogP contribution in [0.2, 0.25) is 0 Å². The molecule has 2 aromatic rings. The molecule has 2 N–H and O–H groups in total. The molecule has 0 unspecified atom stereocenters. The number of hydrogen-bond donors (Lipinski definition) is 1. The van der Waals surface area contributed by atoms with Crippen molar-refractivity contribution in [2.45, 2.75) is 40.5 Å². The third-order valence-electron chi connectivity index (χ3n) is 4.10. The van der Waals surface area contributed by atoms with Crippen LogP contribution in [0.15, 0.2) is 12.1 Å². The Labute approximate surface area is 119 Å². The fraction of sp³-hybridized carbons (Fsp3) is 0.412. The van der Waals surface area contributed by atoms with E-state index in [1.165, 1.54) is 0 Å². The highest BCUT2D eigenvalue weighted by atomic mass is 16.1. The van der Waals surface area contributed by atoms with Crippen LogP contribution in [-0.4, -0.2) is 10.8 Å². The lowest BCUT2D eigenvalue weighted by molar-refractivity contribution is 0.0912. The molecule has 20 heavy (non-hydrogen) atoms. The van der Waals surface area contributed by atoms with Crippen LogP contribution in [0.1, 0.15) is 47.4 Å². The number of aryl methyl sites for hydroxylation is 2. The quantitative estimate of drug-likeness (QED) is 0.794. The molecule has 0 amide bonds. The summed E-state index contributed by atoms with van der Waals surface area (Å²) in [5.74, 6) is 0.127. The monoisotopic (exact) mass is 268 g/mol. The van der Waals surface area contributed by atoms with E-state index in [2.05, 4.69) is 19.9 Å². The highest BCUT2D eigenvalue weighted by Crippen LogP contribution is 2.39. The molecule has 0 saturated heterocycles. The van der Waals surface area contributed by atoms with Gasteiger partial charge >= 0.3 is 0 Å². The van der Waals surface area contributed by atoms with Gasteiger partial charge in [-0.05, 0) is 37.3 Å². The first kappa shape index (κ1) is 13.1. The van der Waals surface area contributed by atoms with Crippen LogP contribution >= 0.6 is 0 Å². The molecule has 1 aromatic carbocycles. The van der Waals surface area contributed by atoms with Gasteiger partial charge in [-0.25, -0.2) is 0 Å². The van der Waals surface area contributed by atoms with Crippen molar-refractivity contribution in [3.63, 3.8) is 0 Å². The molecule has 3 rings (SSSR count). The van der Waals surface area contributed by atoms with Gasteiger partial charge in [-0.15, -0.1) is 0 Å². The highest BCUT2D eigenvalue weighted by molar-refractivity contribution is 6.09. The van der Waals surface area contributed by atoms with E-state index in [0.29, 0.717) is 17.7 Å². The predicted octanol–water partition coefficient (Wildman–Crippen LogP) is 3.59. The first-order valence-corrected chi connectivity index (χ1v) is 7.01. The second-order valence-electron chi connectivity index (χ2n) is 6.77. The number of nitrogen functional groups attached to an aromatic ring is 1. The topological polar surface area (TPSA) is 56.0 Å². The molecule has 0 fully saturated rings. The maximum Gasteiger partial charge on any atom is 0.167 e. The van der Waals surface area contributed by atoms with Crippen LogP contribution in [0, 0.1) is 19.3 Å². The Morgan fingerprint density at radius 1 is 1.20 bits per heavy atom. The summed E-state index contributed by atoms with van der Waals surface area (Å²) < 4.78 is 0. The van der Waals surface area contributed by atoms with Gasteiger partial charge in [-0.2, -0.15) is 0 Å². The van der Waals surface area contributed by atoms with Gasteiger partial charge in [-0.1, -0.05) is 25.5 Å². The van der Waals surface area contributed by atoms with E-state index in [0.717, 1.165) is 34.1 Å². The number of benzene rings is 1. The Morgan fingerprint density at radius 2 is 1.90 bits per heavy atom. The SMILES string of the molecule is Cc1cc(C)c2nc3c(c(N)c2c1)C(=O)CC(C)(C)C3. The van der Waals surface area contributed by atoms with Crippen LogP contribution in [0.25, 0.3) is 10.9 Å². The summed E-state index contributed by atoms with van der Waals surface area (Å²) in [4.78, 5) is 17.2. The number of hydrogen-bond acceptors (Lipinski definition) is 3. The fourth-order valence-corrected chi connectivity index (χ4v) is 3.27. The summed E-state index contributed by atoms with van der Waals surface area (Å²) in [6.45, 7) is 8.30. The van der Waals surface area contributed by atoms with Gasteiger partial charge in [0.2, 0.25) is 0 Å². The fourth-order valence-electron chi connectivity index (χ4n) is 3.27. The Balaban J connectivity index is 2.38. The lowest BCUT2D eigenvalue weighted by Crippen LogP contribution is -2.29. The van der Waals surface area contributed by atoms with E-state index in [-0.39, 0.29) is 11.2 Å². The summed E-state index contributed by atoms with van der Waals surface area (Å²) in [5, 5.41) is 0.911. The van der Waals surface area contributed by atoms with Crippen LogP contribution in [0.5, 0.6) is 0 Å². The minimum absolute atomic E-state index is 0.0319. The zero-order valence-corrected chi connectivity index (χ0v) is 12.5. The van der Waals surface area contributed by atoms with Gasteiger partial charge in [0.1, 0.15) is 0 Å². The first-order chi connectivity index (χ1) is 9.28. The smallest absolute Gasteiger partial charge is 0.167 e. The number of carbonyl (C=O) groups excluding carboxylic acids is 1. The van der Waals surface area contributed by atoms with Gasteiger partial charge in [0, 0.05) is 11.8 Å². The second-order valence-corrected chi connectivity index (χ2v) is 6.77. The summed E-state index contributed by atoms with van der Waals surface area (Å²) in [7, 11) is 0. The van der Waals surface area contributed by atoms with Crippen LogP contribution in [-0.2, 0) is 6.42 Å². The number of rotatable bonds is 0. The van der Waals surface area contributed by atoms with Crippen LogP contribution in [0.3, 0.4) is 0 Å². The van der Waals surface area contributed by atoms with Crippen molar-refractivity contribution in [2.75, 3.05) is 5.73 Å². The second kappa shape index (κ2) is 4.05. The van der Waals surface area contributed by atoms with Crippen molar-refractivity contribution >= 4 is 22.4 Å². The zero-order valence-electron chi connectivity index (χ0n) is 12.5. The number of anilines is 1. The molecule has 1 aliphatic rings. The molecule has 0 aliphatic heterocycles. The molecule has 1 aromatic heterocycles. The largest absolute Gasteiger partial charge is 0.398 e. The molecule has 104 valence electrons. The summed E-state index contributed by atoms with van der Waals surface area (Å²) in [5.41, 5.74) is 11.6. The molecule has 3 nitrogen and oxygen atoms in total. The first-order valence-electron chi connectivity index (χ1n) is 7.01. The average Bonchev–Trinajstić information content (AvgIpc) is 2.28. The highest BCUT2D eigenvalue weighted by Gasteiger charge is 2.34. The van der Waals surface area contributed by atoms with Crippen molar-refractivity contribution in [1.82, 2.24) is 4.98 Å². The van der Waals surface area contributed by atoms with Gasteiger partial charge in [0.15, 0.2) is 5.78 Å². The zero-order chi connectivity index (χ0) is 14.7. The Bertz CT molecular complexity index is 744. The number of carbonyl (C=O) groups is 1. The number of pyridine rings is 1. The van der Waals surface area contributed by atoms with E-state index < -0.39 is 0 Å². The van der Waals surface area contributed by atoms with Gasteiger partial charge in [0.25, 0.3) is 0 Å². The van der Waals surface area contributed by atoms with Gasteiger partial charge in [-0.3, -0.25) is 9.78 Å². The molecule has 0 saturated carbocycles. The molecule has 0 radical (unpaired) electrons. The Morgan fingerprint density at radius 3 is 2.60 bits per heavy atom. The lowest BCUT2D eigenvalue weighted by atomic mass is 9.75. The Kier molecular flexibility index (Phi) is 2.65. The van der Waals surface area contributed by atoms with Crippen LogP contribution in [0.4, 0.5) is 5.69 Å². The number of ketones is 1. The standard InChI is InChI=1S/C17H20N2O/c1-9-5-10(2)16-11(6-9)15(18)14-12(19-16)7-17(3,4)8-13(14)20/h5-6H,7-8H2,1-4H3,(H2,18,19). The lowest BCUT2D eigenvalue weighted by Gasteiger charge is -2.30. The molecule has 1 heterocycles. The van der Waals surface area contributed by atoms with Crippen molar-refractivity contribution in [1.29, 1.82) is 0 Å². The molecule has 3 heteroatoms. The van der Waals surface area contributed by atoms with Gasteiger partial charge in [0.05, 0.1) is 22.5 Å². The Hall–Kier alpha value is -1.90. The molecule has 0 spiro atoms. The maximum absolute atomic E-state index is 12.4. The number of nitrogens with zero attached hydrogens (tertiary/aromatic N) is 1. The van der Waals surface area contributed by atoms with Crippen molar-refractivity contribution < 1.29 is 4.79 Å². The number of Topliss-reactive ketones (excluding diaryl/α,β-unsaturated/α-hetero) is 1. The molecular weight excluding hydrogens is 248 g/mol. The van der Waals surface area contributed by atoms with Crippen molar-refractivity contribution in [2.24, 2.45) is 5.41 Å². The maximum atomic E-state index is 12.4. The minimum Gasteiger partial charge on any atom is -0.398 e. The van der Waals surface area contributed by atoms with E-state index in [1.54, 1.807) is 0 Å². The molecule has 0 atom stereocenters. The van der Waals surface area contributed by atoms with E-state index in [1.807, 2.05) is 19.9 Å². The predicted molar refractivity (Wildman–Crippen MR) is 82.1 cm³/mol. The van der Waals surface area contributed by atoms with E-state index in [9.17, 15) is 4.79 Å². The summed E-state index contributed by atoms with van der Waals surface area (Å²) >= 11 is 0. The van der Waals surface area contributed by atoms with E-state index >= 15 is 0 Å². The number of aromatic nitrogens is 1. The average molecular weight is 268 g/mol. The number of nitrogens with two attached hydrogens (primary N) is 1. The normalized spacial score (nSPS) is 17.3. The third-order valence-corrected chi connectivity index (χ3v) is 4.10. The van der Waals surface area contributed by atoms with Crippen molar-refractivity contribution in [3.8, 4) is 0 Å². The third kappa shape index (κ3) is 1.89.